The van der Waals surface area contributed by atoms with Crippen LogP contribution in [0.25, 0.3) is 0 Å². The summed E-state index contributed by atoms with van der Waals surface area (Å²) in [6, 6.07) is 0.195. The molecule has 120 valence electrons. The van der Waals surface area contributed by atoms with Crippen molar-refractivity contribution in [1.29, 1.82) is 0 Å². The highest BCUT2D eigenvalue weighted by Crippen LogP contribution is 2.44. The monoisotopic (exact) mass is 322 g/mol. The second-order valence-corrected chi connectivity index (χ2v) is 11.6. The van der Waals surface area contributed by atoms with Crippen molar-refractivity contribution < 1.29 is 22.0 Å². The van der Waals surface area contributed by atoms with Crippen LogP contribution in [0.5, 0.6) is 5.75 Å². The average molecular weight is 322 g/mol. The smallest absolute Gasteiger partial charge is 0.259 e. The molecule has 0 unspecified atom stereocenters. The summed E-state index contributed by atoms with van der Waals surface area (Å²) in [5.74, 6) is -6.73. The molecule has 0 aliphatic rings. The number of benzene rings is 1. The standard InChI is InChI=1S/C15H22F4OSi/c1-8(2)21(9(3)4,10(5)6)20-15-13(18)11(16)7-12(17)14(15)19/h7-10H,1-6H3. The van der Waals surface area contributed by atoms with Crippen molar-refractivity contribution in [3.05, 3.63) is 29.3 Å². The third-order valence-corrected chi connectivity index (χ3v) is 10.0. The molecule has 1 rings (SSSR count). The maximum Gasteiger partial charge on any atom is 0.259 e. The van der Waals surface area contributed by atoms with E-state index in [4.69, 9.17) is 4.43 Å². The molecule has 1 aromatic rings. The normalized spacial score (nSPS) is 12.6. The Morgan fingerprint density at radius 1 is 0.762 bits per heavy atom. The molecule has 0 spiro atoms. The molecular weight excluding hydrogens is 300 g/mol. The Bertz CT molecular complexity index is 467. The molecule has 0 aliphatic carbocycles. The lowest BCUT2D eigenvalue weighted by Crippen LogP contribution is -2.51. The van der Waals surface area contributed by atoms with Crippen LogP contribution >= 0.6 is 0 Å². The van der Waals surface area contributed by atoms with Crippen LogP contribution in [0.1, 0.15) is 41.5 Å². The molecule has 0 radical (unpaired) electrons. The fourth-order valence-corrected chi connectivity index (χ4v) is 8.41. The number of hydrogen-bond acceptors (Lipinski definition) is 1. The van der Waals surface area contributed by atoms with Crippen LogP contribution in [0, 0.1) is 23.3 Å². The van der Waals surface area contributed by atoms with Gasteiger partial charge in [-0.2, -0.15) is 8.78 Å². The molecule has 0 amide bonds. The van der Waals surface area contributed by atoms with Gasteiger partial charge in [-0.15, -0.1) is 0 Å². The third kappa shape index (κ3) is 3.10. The van der Waals surface area contributed by atoms with Gasteiger partial charge in [-0.3, -0.25) is 0 Å². The van der Waals surface area contributed by atoms with Crippen molar-refractivity contribution in [1.82, 2.24) is 0 Å². The highest BCUT2D eigenvalue weighted by atomic mass is 28.4. The fraction of sp³-hybridized carbons (Fsp3) is 0.600. The first-order valence-corrected chi connectivity index (χ1v) is 9.21. The fourth-order valence-electron chi connectivity index (χ4n) is 3.17. The Morgan fingerprint density at radius 3 is 1.38 bits per heavy atom. The average Bonchev–Trinajstić information content (AvgIpc) is 2.35. The summed E-state index contributed by atoms with van der Waals surface area (Å²) >= 11 is 0. The molecule has 0 bridgehead atoms. The summed E-state index contributed by atoms with van der Waals surface area (Å²) in [6.45, 7) is 11.5. The van der Waals surface area contributed by atoms with Gasteiger partial charge in [0, 0.05) is 6.07 Å². The quantitative estimate of drug-likeness (QED) is 0.378. The van der Waals surface area contributed by atoms with Gasteiger partial charge in [0.15, 0.2) is 17.4 Å². The molecule has 1 nitrogen and oxygen atoms in total. The lowest BCUT2D eigenvalue weighted by Gasteiger charge is -2.42. The lowest BCUT2D eigenvalue weighted by atomic mass is 10.3. The Hall–Kier alpha value is -1.04. The Morgan fingerprint density at radius 2 is 1.10 bits per heavy atom. The van der Waals surface area contributed by atoms with Crippen molar-refractivity contribution in [3.63, 3.8) is 0 Å². The van der Waals surface area contributed by atoms with E-state index in [1.165, 1.54) is 0 Å². The first-order chi connectivity index (χ1) is 9.55. The van der Waals surface area contributed by atoms with Crippen molar-refractivity contribution in [2.24, 2.45) is 0 Å². The second kappa shape index (κ2) is 6.38. The van der Waals surface area contributed by atoms with E-state index < -0.39 is 37.3 Å². The summed E-state index contributed by atoms with van der Waals surface area (Å²) in [6.07, 6.45) is 0. The van der Waals surface area contributed by atoms with Crippen LogP contribution in [0.3, 0.4) is 0 Å². The van der Waals surface area contributed by atoms with E-state index in [0.29, 0.717) is 0 Å². The van der Waals surface area contributed by atoms with Gasteiger partial charge in [-0.05, 0) is 16.6 Å². The predicted molar refractivity (Wildman–Crippen MR) is 78.0 cm³/mol. The maximum atomic E-state index is 13.9. The van der Waals surface area contributed by atoms with Crippen molar-refractivity contribution >= 4 is 8.32 Å². The Balaban J connectivity index is 3.48. The van der Waals surface area contributed by atoms with E-state index in [0.717, 1.165) is 0 Å². The molecule has 0 saturated heterocycles. The number of rotatable bonds is 5. The van der Waals surface area contributed by atoms with Gasteiger partial charge in [0.25, 0.3) is 8.32 Å². The molecule has 0 aromatic heterocycles. The van der Waals surface area contributed by atoms with E-state index in [-0.39, 0.29) is 22.7 Å². The van der Waals surface area contributed by atoms with Crippen molar-refractivity contribution in [2.45, 2.75) is 58.2 Å². The van der Waals surface area contributed by atoms with Gasteiger partial charge in [0.05, 0.1) is 0 Å². The Labute approximate surface area is 124 Å². The van der Waals surface area contributed by atoms with Crippen LogP contribution in [-0.2, 0) is 0 Å². The van der Waals surface area contributed by atoms with Gasteiger partial charge < -0.3 is 4.43 Å². The van der Waals surface area contributed by atoms with Crippen molar-refractivity contribution in [2.75, 3.05) is 0 Å². The molecule has 0 fully saturated rings. The van der Waals surface area contributed by atoms with Crippen LogP contribution < -0.4 is 4.43 Å². The molecule has 0 heterocycles. The van der Waals surface area contributed by atoms with Crippen LogP contribution in [-0.4, -0.2) is 8.32 Å². The molecular formula is C15H22F4OSi. The topological polar surface area (TPSA) is 9.23 Å². The van der Waals surface area contributed by atoms with E-state index in [2.05, 4.69) is 0 Å². The first kappa shape index (κ1) is 18.0. The van der Waals surface area contributed by atoms with Crippen LogP contribution in [0.2, 0.25) is 16.6 Å². The summed E-state index contributed by atoms with van der Waals surface area (Å²) in [4.78, 5) is 0. The van der Waals surface area contributed by atoms with Crippen LogP contribution in [0.4, 0.5) is 17.6 Å². The van der Waals surface area contributed by atoms with E-state index in [1.54, 1.807) is 0 Å². The summed E-state index contributed by atoms with van der Waals surface area (Å²) in [5.41, 5.74) is 0.0906. The highest BCUT2D eigenvalue weighted by molar-refractivity contribution is 6.78. The largest absolute Gasteiger partial charge is 0.539 e. The summed E-state index contributed by atoms with van der Waals surface area (Å²) in [5, 5.41) is 0. The molecule has 0 saturated carbocycles. The van der Waals surface area contributed by atoms with Crippen molar-refractivity contribution in [3.8, 4) is 5.75 Å². The van der Waals surface area contributed by atoms with Gasteiger partial charge in [-0.25, -0.2) is 8.78 Å². The minimum atomic E-state index is -2.69. The van der Waals surface area contributed by atoms with Gasteiger partial charge in [0.1, 0.15) is 0 Å². The SMILES string of the molecule is CC(C)[Si](Oc1c(F)c(F)cc(F)c1F)(C(C)C)C(C)C. The summed E-state index contributed by atoms with van der Waals surface area (Å²) < 4.78 is 60.2. The summed E-state index contributed by atoms with van der Waals surface area (Å²) in [7, 11) is -2.69. The van der Waals surface area contributed by atoms with Gasteiger partial charge in [0.2, 0.25) is 11.6 Å². The minimum absolute atomic E-state index is 0.0302. The number of hydrogen-bond donors (Lipinski definition) is 0. The second-order valence-electron chi connectivity index (χ2n) is 6.22. The molecule has 0 atom stereocenters. The predicted octanol–water partition coefficient (Wildman–Crippen LogP) is 5.80. The molecule has 6 heteroatoms. The van der Waals surface area contributed by atoms with E-state index >= 15 is 0 Å². The highest BCUT2D eigenvalue weighted by Gasteiger charge is 2.48. The van der Waals surface area contributed by atoms with Crippen LogP contribution in [0.15, 0.2) is 6.07 Å². The molecule has 21 heavy (non-hydrogen) atoms. The molecule has 0 aliphatic heterocycles. The maximum absolute atomic E-state index is 13.9. The zero-order valence-corrected chi connectivity index (χ0v) is 14.2. The lowest BCUT2D eigenvalue weighted by molar-refractivity contribution is 0.373. The molecule has 0 N–H and O–H groups in total. The zero-order valence-electron chi connectivity index (χ0n) is 13.2. The number of halogens is 4. The third-order valence-electron chi connectivity index (χ3n) is 4.06. The van der Waals surface area contributed by atoms with E-state index in [1.807, 2.05) is 41.5 Å². The first-order valence-electron chi connectivity index (χ1n) is 7.07. The zero-order chi connectivity index (χ0) is 16.5. The van der Waals surface area contributed by atoms with Gasteiger partial charge in [-0.1, -0.05) is 41.5 Å². The molecule has 1 aromatic carbocycles. The Kier molecular flexibility index (Phi) is 5.47. The van der Waals surface area contributed by atoms with E-state index in [9.17, 15) is 17.6 Å². The minimum Gasteiger partial charge on any atom is -0.539 e. The van der Waals surface area contributed by atoms with Gasteiger partial charge >= 0.3 is 0 Å².